The smallest absolute Gasteiger partial charge is 0.0208 e. The molecule has 0 fully saturated rings. The predicted molar refractivity (Wildman–Crippen MR) is 84.8 cm³/mol. The van der Waals surface area contributed by atoms with Gasteiger partial charge in [0.15, 0.2) is 0 Å². The summed E-state index contributed by atoms with van der Waals surface area (Å²) >= 11 is 1.90. The van der Waals surface area contributed by atoms with E-state index in [2.05, 4.69) is 67.7 Å². The van der Waals surface area contributed by atoms with Crippen molar-refractivity contribution >= 4 is 11.8 Å². The monoisotopic (exact) mass is 271 g/mol. The molecule has 2 heteroatoms. The van der Waals surface area contributed by atoms with Gasteiger partial charge in [0.2, 0.25) is 0 Å². The summed E-state index contributed by atoms with van der Waals surface area (Å²) in [5, 5.41) is 3.52. The van der Waals surface area contributed by atoms with Crippen molar-refractivity contribution in [3.63, 3.8) is 0 Å². The van der Waals surface area contributed by atoms with E-state index in [-0.39, 0.29) is 0 Å². The van der Waals surface area contributed by atoms with E-state index in [1.54, 1.807) is 0 Å². The topological polar surface area (TPSA) is 12.0 Å². The first kappa shape index (κ1) is 14.2. The molecule has 0 heterocycles. The summed E-state index contributed by atoms with van der Waals surface area (Å²) in [4.78, 5) is 1.34. The van der Waals surface area contributed by atoms with Gasteiger partial charge in [-0.2, -0.15) is 0 Å². The molecule has 100 valence electrons. The molecule has 0 aromatic heterocycles. The SMILES string of the molecule is Cc1cccc(CNCCSc2ccccc2)c1C. The summed E-state index contributed by atoms with van der Waals surface area (Å²) in [5.41, 5.74) is 4.19. The van der Waals surface area contributed by atoms with Crippen LogP contribution in [0.15, 0.2) is 53.4 Å². The van der Waals surface area contributed by atoms with E-state index in [1.807, 2.05) is 11.8 Å². The lowest BCUT2D eigenvalue weighted by Gasteiger charge is -2.09. The van der Waals surface area contributed by atoms with Crippen LogP contribution in [0, 0.1) is 13.8 Å². The van der Waals surface area contributed by atoms with Crippen LogP contribution < -0.4 is 5.32 Å². The van der Waals surface area contributed by atoms with E-state index >= 15 is 0 Å². The molecule has 0 aliphatic rings. The number of hydrogen-bond donors (Lipinski definition) is 1. The maximum Gasteiger partial charge on any atom is 0.0208 e. The first-order valence-corrected chi connectivity index (χ1v) is 7.69. The molecule has 19 heavy (non-hydrogen) atoms. The Morgan fingerprint density at radius 1 is 0.947 bits per heavy atom. The van der Waals surface area contributed by atoms with Gasteiger partial charge >= 0.3 is 0 Å². The highest BCUT2D eigenvalue weighted by atomic mass is 32.2. The predicted octanol–water partition coefficient (Wildman–Crippen LogP) is 4.19. The normalized spacial score (nSPS) is 10.6. The molecule has 2 aromatic rings. The lowest BCUT2D eigenvalue weighted by molar-refractivity contribution is 0.728. The molecule has 0 saturated heterocycles. The fraction of sp³-hybridized carbons (Fsp3) is 0.294. The van der Waals surface area contributed by atoms with Crippen LogP contribution in [0.25, 0.3) is 0 Å². The molecule has 0 aliphatic carbocycles. The van der Waals surface area contributed by atoms with Crippen LogP contribution in [0.1, 0.15) is 16.7 Å². The lowest BCUT2D eigenvalue weighted by atomic mass is 10.0. The molecule has 0 radical (unpaired) electrons. The Morgan fingerprint density at radius 2 is 1.74 bits per heavy atom. The van der Waals surface area contributed by atoms with Crippen molar-refractivity contribution < 1.29 is 0 Å². The van der Waals surface area contributed by atoms with E-state index < -0.39 is 0 Å². The van der Waals surface area contributed by atoms with Crippen molar-refractivity contribution in [3.05, 3.63) is 65.2 Å². The standard InChI is InChI=1S/C17H21NS/c1-14-7-6-8-16(15(14)2)13-18-11-12-19-17-9-4-3-5-10-17/h3-10,18H,11-13H2,1-2H3. The Labute approximate surface area is 120 Å². The highest BCUT2D eigenvalue weighted by Crippen LogP contribution is 2.16. The van der Waals surface area contributed by atoms with Crippen molar-refractivity contribution in [2.75, 3.05) is 12.3 Å². The minimum atomic E-state index is 0.961. The van der Waals surface area contributed by atoms with Crippen LogP contribution in [0.4, 0.5) is 0 Å². The van der Waals surface area contributed by atoms with Crippen molar-refractivity contribution in [2.45, 2.75) is 25.3 Å². The molecular formula is C17H21NS. The average Bonchev–Trinajstić information content (AvgIpc) is 2.44. The fourth-order valence-electron chi connectivity index (χ4n) is 1.98. The van der Waals surface area contributed by atoms with Crippen molar-refractivity contribution in [3.8, 4) is 0 Å². The second-order valence-corrected chi connectivity index (χ2v) is 5.87. The summed E-state index contributed by atoms with van der Waals surface area (Å²) < 4.78 is 0. The number of rotatable bonds is 6. The lowest BCUT2D eigenvalue weighted by Crippen LogP contribution is -2.17. The highest BCUT2D eigenvalue weighted by molar-refractivity contribution is 7.99. The Hall–Kier alpha value is -1.25. The molecule has 0 atom stereocenters. The molecule has 1 nitrogen and oxygen atoms in total. The largest absolute Gasteiger partial charge is 0.312 e. The second-order valence-electron chi connectivity index (χ2n) is 4.70. The molecule has 1 N–H and O–H groups in total. The minimum absolute atomic E-state index is 0.961. The molecule has 2 aromatic carbocycles. The zero-order valence-electron chi connectivity index (χ0n) is 11.6. The second kappa shape index (κ2) is 7.37. The van der Waals surface area contributed by atoms with Crippen molar-refractivity contribution in [2.24, 2.45) is 0 Å². The fourth-order valence-corrected chi connectivity index (χ4v) is 2.82. The van der Waals surface area contributed by atoms with Gasteiger partial charge in [0.25, 0.3) is 0 Å². The number of benzene rings is 2. The van der Waals surface area contributed by atoms with E-state index in [9.17, 15) is 0 Å². The molecule has 2 rings (SSSR count). The van der Waals surface area contributed by atoms with Crippen LogP contribution in [0.3, 0.4) is 0 Å². The quantitative estimate of drug-likeness (QED) is 0.624. The highest BCUT2D eigenvalue weighted by Gasteiger charge is 1.99. The average molecular weight is 271 g/mol. The third-order valence-electron chi connectivity index (χ3n) is 3.32. The van der Waals surface area contributed by atoms with Gasteiger partial charge < -0.3 is 5.32 Å². The van der Waals surface area contributed by atoms with Crippen molar-refractivity contribution in [1.82, 2.24) is 5.32 Å². The van der Waals surface area contributed by atoms with Crippen LogP contribution in [-0.4, -0.2) is 12.3 Å². The third kappa shape index (κ3) is 4.41. The van der Waals surface area contributed by atoms with Gasteiger partial charge in [0, 0.05) is 23.7 Å². The molecule has 0 aliphatic heterocycles. The Bertz CT molecular complexity index is 508. The van der Waals surface area contributed by atoms with Gasteiger partial charge in [-0.05, 0) is 42.7 Å². The third-order valence-corrected chi connectivity index (χ3v) is 4.34. The molecule has 0 amide bonds. The summed E-state index contributed by atoms with van der Waals surface area (Å²) in [6.45, 7) is 6.37. The number of aryl methyl sites for hydroxylation is 1. The van der Waals surface area contributed by atoms with E-state index in [1.165, 1.54) is 21.6 Å². The molecule has 0 saturated carbocycles. The van der Waals surface area contributed by atoms with Crippen LogP contribution in [0.2, 0.25) is 0 Å². The van der Waals surface area contributed by atoms with E-state index in [0.29, 0.717) is 0 Å². The molecule has 0 unspecified atom stereocenters. The molecular weight excluding hydrogens is 250 g/mol. The zero-order chi connectivity index (χ0) is 13.5. The number of hydrogen-bond acceptors (Lipinski definition) is 2. The zero-order valence-corrected chi connectivity index (χ0v) is 12.5. The Kier molecular flexibility index (Phi) is 5.49. The summed E-state index contributed by atoms with van der Waals surface area (Å²) in [6.07, 6.45) is 0. The van der Waals surface area contributed by atoms with Gasteiger partial charge in [-0.15, -0.1) is 11.8 Å². The van der Waals surface area contributed by atoms with Gasteiger partial charge in [-0.25, -0.2) is 0 Å². The van der Waals surface area contributed by atoms with Crippen molar-refractivity contribution in [1.29, 1.82) is 0 Å². The van der Waals surface area contributed by atoms with Gasteiger partial charge in [0.05, 0.1) is 0 Å². The summed E-state index contributed by atoms with van der Waals surface area (Å²) in [5.74, 6) is 1.11. The maximum absolute atomic E-state index is 3.52. The summed E-state index contributed by atoms with van der Waals surface area (Å²) in [6, 6.07) is 17.1. The number of nitrogens with one attached hydrogen (secondary N) is 1. The van der Waals surface area contributed by atoms with E-state index in [4.69, 9.17) is 0 Å². The van der Waals surface area contributed by atoms with E-state index in [0.717, 1.165) is 18.8 Å². The van der Waals surface area contributed by atoms with Gasteiger partial charge in [-0.3, -0.25) is 0 Å². The van der Waals surface area contributed by atoms with Gasteiger partial charge in [-0.1, -0.05) is 36.4 Å². The summed E-state index contributed by atoms with van der Waals surface area (Å²) in [7, 11) is 0. The first-order valence-electron chi connectivity index (χ1n) is 6.71. The Balaban J connectivity index is 1.71. The van der Waals surface area contributed by atoms with Gasteiger partial charge in [0.1, 0.15) is 0 Å². The van der Waals surface area contributed by atoms with Crippen LogP contribution in [-0.2, 0) is 6.54 Å². The molecule has 0 bridgehead atoms. The van der Waals surface area contributed by atoms with Crippen LogP contribution >= 0.6 is 11.8 Å². The first-order chi connectivity index (χ1) is 9.27. The molecule has 0 spiro atoms. The minimum Gasteiger partial charge on any atom is -0.312 e. The number of thioether (sulfide) groups is 1. The maximum atomic E-state index is 3.52. The van der Waals surface area contributed by atoms with Crippen LogP contribution in [0.5, 0.6) is 0 Å². The Morgan fingerprint density at radius 3 is 2.53 bits per heavy atom.